The van der Waals surface area contributed by atoms with Crippen molar-refractivity contribution in [1.29, 1.82) is 0 Å². The van der Waals surface area contributed by atoms with Gasteiger partial charge in [0.2, 0.25) is 0 Å². The molecule has 0 saturated heterocycles. The van der Waals surface area contributed by atoms with E-state index in [0.717, 1.165) is 0 Å². The lowest BCUT2D eigenvalue weighted by Gasteiger charge is -2.07. The van der Waals surface area contributed by atoms with E-state index in [4.69, 9.17) is 11.6 Å². The molecule has 0 saturated carbocycles. The van der Waals surface area contributed by atoms with Gasteiger partial charge in [-0.2, -0.15) is 0 Å². The van der Waals surface area contributed by atoms with Gasteiger partial charge in [0.1, 0.15) is 5.82 Å². The quantitative estimate of drug-likeness (QED) is 0.743. The summed E-state index contributed by atoms with van der Waals surface area (Å²) < 4.78 is 12.9. The van der Waals surface area contributed by atoms with Crippen molar-refractivity contribution in [2.45, 2.75) is 0 Å². The summed E-state index contributed by atoms with van der Waals surface area (Å²) in [5.74, 6) is 0.179. The van der Waals surface area contributed by atoms with E-state index in [1.165, 1.54) is 12.1 Å². The van der Waals surface area contributed by atoms with Crippen LogP contribution in [-0.4, -0.2) is 16.1 Å². The number of hydrogen-bond acceptors (Lipinski definition) is 4. The topological polar surface area (TPSA) is 66.9 Å². The molecule has 0 aliphatic carbocycles. The van der Waals surface area contributed by atoms with Crippen molar-refractivity contribution >= 4 is 34.8 Å². The van der Waals surface area contributed by atoms with E-state index in [2.05, 4.69) is 20.8 Å². The van der Waals surface area contributed by atoms with Gasteiger partial charge in [0.15, 0.2) is 11.6 Å². The zero-order chi connectivity index (χ0) is 16.9. The second-order valence-corrected chi connectivity index (χ2v) is 5.33. The van der Waals surface area contributed by atoms with Crippen LogP contribution in [0.5, 0.6) is 0 Å². The summed E-state index contributed by atoms with van der Waals surface area (Å²) in [6.45, 7) is 0. The second-order valence-electron chi connectivity index (χ2n) is 4.90. The molecule has 0 atom stereocenters. The number of nitrogens with zero attached hydrogens (tertiary/aromatic N) is 2. The summed E-state index contributed by atoms with van der Waals surface area (Å²) in [6.07, 6.45) is 0. The van der Waals surface area contributed by atoms with Crippen molar-refractivity contribution in [2.24, 2.45) is 0 Å². The zero-order valence-corrected chi connectivity index (χ0v) is 13.1. The highest BCUT2D eigenvalue weighted by atomic mass is 35.5. The maximum atomic E-state index is 12.9. The van der Waals surface area contributed by atoms with Crippen molar-refractivity contribution in [3.05, 3.63) is 77.1 Å². The maximum absolute atomic E-state index is 12.9. The van der Waals surface area contributed by atoms with Gasteiger partial charge in [-0.15, -0.1) is 10.2 Å². The van der Waals surface area contributed by atoms with E-state index >= 15 is 0 Å². The molecule has 120 valence electrons. The Balaban J connectivity index is 1.64. The standard InChI is InChI=1S/C17H12ClFN4O/c18-12-3-1-11(2-4-12)17(24)21-16-10-9-15(22-23-16)20-14-7-5-13(19)6-8-14/h1-10H,(H,20,22)(H,21,23,24). The molecule has 3 aromatic rings. The van der Waals surface area contributed by atoms with Gasteiger partial charge in [0.05, 0.1) is 0 Å². The fourth-order valence-corrected chi connectivity index (χ4v) is 2.06. The van der Waals surface area contributed by atoms with Gasteiger partial charge in [0, 0.05) is 16.3 Å². The summed E-state index contributed by atoms with van der Waals surface area (Å²) in [5.41, 5.74) is 1.15. The minimum atomic E-state index is -0.313. The van der Waals surface area contributed by atoms with Crippen LogP contribution >= 0.6 is 11.6 Å². The first kappa shape index (κ1) is 15.9. The molecule has 0 bridgehead atoms. The monoisotopic (exact) mass is 342 g/mol. The summed E-state index contributed by atoms with van der Waals surface area (Å²) >= 11 is 5.79. The number of nitrogens with one attached hydrogen (secondary N) is 2. The van der Waals surface area contributed by atoms with E-state index < -0.39 is 0 Å². The van der Waals surface area contributed by atoms with Crippen LogP contribution in [0.15, 0.2) is 60.7 Å². The molecular formula is C17H12ClFN4O. The number of anilines is 3. The van der Waals surface area contributed by atoms with Gasteiger partial charge in [-0.1, -0.05) is 11.6 Å². The number of hydrogen-bond donors (Lipinski definition) is 2. The third-order valence-electron chi connectivity index (χ3n) is 3.13. The van der Waals surface area contributed by atoms with Crippen LogP contribution in [0.25, 0.3) is 0 Å². The molecule has 3 rings (SSSR count). The first-order chi connectivity index (χ1) is 11.6. The van der Waals surface area contributed by atoms with E-state index in [1.54, 1.807) is 48.5 Å². The molecule has 0 fully saturated rings. The molecule has 24 heavy (non-hydrogen) atoms. The highest BCUT2D eigenvalue weighted by Crippen LogP contribution is 2.16. The number of benzene rings is 2. The third-order valence-corrected chi connectivity index (χ3v) is 3.38. The lowest BCUT2D eigenvalue weighted by atomic mass is 10.2. The average molecular weight is 343 g/mol. The van der Waals surface area contributed by atoms with Crippen molar-refractivity contribution in [3.63, 3.8) is 0 Å². The molecule has 0 aliphatic rings. The molecule has 0 radical (unpaired) electrons. The van der Waals surface area contributed by atoms with Gasteiger partial charge < -0.3 is 10.6 Å². The normalized spacial score (nSPS) is 10.2. The molecule has 0 unspecified atom stereocenters. The SMILES string of the molecule is O=C(Nc1ccc(Nc2ccc(F)cc2)nn1)c1ccc(Cl)cc1. The van der Waals surface area contributed by atoms with Gasteiger partial charge in [0.25, 0.3) is 5.91 Å². The Morgan fingerprint density at radius 3 is 2.12 bits per heavy atom. The van der Waals surface area contributed by atoms with Gasteiger partial charge >= 0.3 is 0 Å². The van der Waals surface area contributed by atoms with Crippen molar-refractivity contribution in [3.8, 4) is 0 Å². The van der Waals surface area contributed by atoms with Crippen LogP contribution < -0.4 is 10.6 Å². The number of aromatic nitrogens is 2. The average Bonchev–Trinajstić information content (AvgIpc) is 2.59. The van der Waals surface area contributed by atoms with Crippen LogP contribution in [0, 0.1) is 5.82 Å². The number of halogens is 2. The smallest absolute Gasteiger partial charge is 0.256 e. The fraction of sp³-hybridized carbons (Fsp3) is 0. The predicted octanol–water partition coefficient (Wildman–Crippen LogP) is 4.27. The molecule has 7 heteroatoms. The molecule has 1 aromatic heterocycles. The summed E-state index contributed by atoms with van der Waals surface area (Å²) in [4.78, 5) is 12.1. The molecule has 0 aliphatic heterocycles. The largest absolute Gasteiger partial charge is 0.339 e. The Bertz CT molecular complexity index is 836. The second kappa shape index (κ2) is 7.06. The van der Waals surface area contributed by atoms with E-state index in [9.17, 15) is 9.18 Å². The van der Waals surface area contributed by atoms with Crippen molar-refractivity contribution in [1.82, 2.24) is 10.2 Å². The molecule has 1 heterocycles. The Labute approximate surface area is 142 Å². The Hall–Kier alpha value is -2.99. The molecule has 1 amide bonds. The van der Waals surface area contributed by atoms with Crippen LogP contribution in [0.1, 0.15) is 10.4 Å². The summed E-state index contributed by atoms with van der Waals surface area (Å²) in [7, 11) is 0. The Kier molecular flexibility index (Phi) is 4.67. The highest BCUT2D eigenvalue weighted by molar-refractivity contribution is 6.30. The van der Waals surface area contributed by atoms with E-state index in [1.807, 2.05) is 0 Å². The van der Waals surface area contributed by atoms with E-state index in [0.29, 0.717) is 27.9 Å². The van der Waals surface area contributed by atoms with Crippen LogP contribution in [-0.2, 0) is 0 Å². The predicted molar refractivity (Wildman–Crippen MR) is 91.1 cm³/mol. The van der Waals surface area contributed by atoms with Crippen LogP contribution in [0.2, 0.25) is 5.02 Å². The van der Waals surface area contributed by atoms with Crippen molar-refractivity contribution in [2.75, 3.05) is 10.6 Å². The van der Waals surface area contributed by atoms with Crippen LogP contribution in [0.3, 0.4) is 0 Å². The van der Waals surface area contributed by atoms with E-state index in [-0.39, 0.29) is 11.7 Å². The lowest BCUT2D eigenvalue weighted by molar-refractivity contribution is 0.102. The number of rotatable bonds is 4. The zero-order valence-electron chi connectivity index (χ0n) is 12.3. The number of carbonyl (C=O) groups excluding carboxylic acids is 1. The van der Waals surface area contributed by atoms with Crippen LogP contribution in [0.4, 0.5) is 21.7 Å². The maximum Gasteiger partial charge on any atom is 0.256 e. The first-order valence-electron chi connectivity index (χ1n) is 7.03. The lowest BCUT2D eigenvalue weighted by Crippen LogP contribution is -2.13. The summed E-state index contributed by atoms with van der Waals surface area (Å²) in [6, 6.07) is 15.7. The molecular weight excluding hydrogens is 331 g/mol. The molecule has 5 nitrogen and oxygen atoms in total. The van der Waals surface area contributed by atoms with Gasteiger partial charge in [-0.25, -0.2) is 4.39 Å². The fourth-order valence-electron chi connectivity index (χ4n) is 1.94. The first-order valence-corrected chi connectivity index (χ1v) is 7.41. The minimum absolute atomic E-state index is 0.305. The highest BCUT2D eigenvalue weighted by Gasteiger charge is 2.07. The van der Waals surface area contributed by atoms with Gasteiger partial charge in [-0.05, 0) is 60.7 Å². The Morgan fingerprint density at radius 2 is 1.50 bits per heavy atom. The summed E-state index contributed by atoms with van der Waals surface area (Å²) in [5, 5.41) is 14.1. The molecule has 0 spiro atoms. The van der Waals surface area contributed by atoms with Gasteiger partial charge in [-0.3, -0.25) is 4.79 Å². The van der Waals surface area contributed by atoms with Crippen molar-refractivity contribution < 1.29 is 9.18 Å². The number of carbonyl (C=O) groups is 1. The molecule has 2 aromatic carbocycles. The third kappa shape index (κ3) is 4.05. The minimum Gasteiger partial charge on any atom is -0.339 e. The Morgan fingerprint density at radius 1 is 0.875 bits per heavy atom. The number of amides is 1. The molecule has 2 N–H and O–H groups in total.